The molecule has 1 aromatic rings. The first-order valence-electron chi connectivity index (χ1n) is 5.92. The van der Waals surface area contributed by atoms with Crippen LogP contribution in [0.4, 0.5) is 5.69 Å². The number of fused-ring (bicyclic) bond motifs is 1. The summed E-state index contributed by atoms with van der Waals surface area (Å²) in [7, 11) is 0. The Hall–Kier alpha value is -1.75. The van der Waals surface area contributed by atoms with Gasteiger partial charge in [-0.2, -0.15) is 0 Å². The zero-order valence-electron chi connectivity index (χ0n) is 10.5. The summed E-state index contributed by atoms with van der Waals surface area (Å²) in [5.41, 5.74) is 0.819. The number of ketones is 1. The topological polar surface area (TPSA) is 64.6 Å². The largest absolute Gasteiger partial charge is 0.486 e. The van der Waals surface area contributed by atoms with E-state index in [1.54, 1.807) is 12.1 Å². The van der Waals surface area contributed by atoms with Gasteiger partial charge in [-0.25, -0.2) is 0 Å². The SMILES string of the molecule is CC(=O)c1cc2c(cc1NC(=O)CCCl)OCCO2. The van der Waals surface area contributed by atoms with E-state index in [1.807, 2.05) is 0 Å². The number of Topliss-reactive ketones (excluding diaryl/α,β-unsaturated/α-hetero) is 1. The second kappa shape index (κ2) is 5.93. The minimum Gasteiger partial charge on any atom is -0.486 e. The van der Waals surface area contributed by atoms with E-state index in [0.717, 1.165) is 0 Å². The van der Waals surface area contributed by atoms with Gasteiger partial charge in [-0.1, -0.05) is 0 Å². The van der Waals surface area contributed by atoms with Crippen LogP contribution in [0.15, 0.2) is 12.1 Å². The molecule has 1 aliphatic heterocycles. The van der Waals surface area contributed by atoms with Crippen LogP contribution >= 0.6 is 11.6 Å². The number of alkyl halides is 1. The average Bonchev–Trinajstić information content (AvgIpc) is 2.38. The number of amides is 1. The van der Waals surface area contributed by atoms with Crippen LogP contribution in [0.2, 0.25) is 0 Å². The van der Waals surface area contributed by atoms with Gasteiger partial charge in [-0.05, 0) is 13.0 Å². The molecule has 0 aromatic heterocycles. The van der Waals surface area contributed by atoms with Gasteiger partial charge in [0, 0.05) is 23.9 Å². The third-order valence-electron chi connectivity index (χ3n) is 2.66. The molecule has 0 atom stereocenters. The number of nitrogens with one attached hydrogen (secondary N) is 1. The van der Waals surface area contributed by atoms with Crippen molar-refractivity contribution in [2.75, 3.05) is 24.4 Å². The van der Waals surface area contributed by atoms with Crippen molar-refractivity contribution in [2.24, 2.45) is 0 Å². The maximum atomic E-state index is 11.6. The van der Waals surface area contributed by atoms with Crippen molar-refractivity contribution in [3.8, 4) is 11.5 Å². The van der Waals surface area contributed by atoms with E-state index < -0.39 is 0 Å². The number of ether oxygens (including phenoxy) is 2. The smallest absolute Gasteiger partial charge is 0.225 e. The normalized spacial score (nSPS) is 12.9. The molecule has 1 amide bonds. The number of anilines is 1. The molecule has 2 rings (SSSR count). The van der Waals surface area contributed by atoms with E-state index in [9.17, 15) is 9.59 Å². The summed E-state index contributed by atoms with van der Waals surface area (Å²) in [6, 6.07) is 3.20. The summed E-state index contributed by atoms with van der Waals surface area (Å²) in [6.07, 6.45) is 0.188. The van der Waals surface area contributed by atoms with E-state index in [4.69, 9.17) is 21.1 Å². The molecule has 1 N–H and O–H groups in total. The van der Waals surface area contributed by atoms with Crippen LogP contribution in [0, 0.1) is 0 Å². The second-order valence-electron chi connectivity index (χ2n) is 4.08. The van der Waals surface area contributed by atoms with E-state index >= 15 is 0 Å². The Morgan fingerprint density at radius 2 is 1.89 bits per heavy atom. The molecule has 0 saturated carbocycles. The van der Waals surface area contributed by atoms with Gasteiger partial charge in [0.15, 0.2) is 17.3 Å². The van der Waals surface area contributed by atoms with Crippen LogP contribution in [0.1, 0.15) is 23.7 Å². The number of halogens is 1. The van der Waals surface area contributed by atoms with Crippen LogP contribution < -0.4 is 14.8 Å². The number of benzene rings is 1. The number of carbonyl (C=O) groups is 2. The number of hydrogen-bond donors (Lipinski definition) is 1. The highest BCUT2D eigenvalue weighted by Crippen LogP contribution is 2.35. The molecule has 0 aliphatic carbocycles. The van der Waals surface area contributed by atoms with Crippen LogP contribution in [0.3, 0.4) is 0 Å². The average molecular weight is 284 g/mol. The van der Waals surface area contributed by atoms with Crippen LogP contribution in [-0.2, 0) is 4.79 Å². The third-order valence-corrected chi connectivity index (χ3v) is 2.85. The van der Waals surface area contributed by atoms with Crippen molar-refractivity contribution in [3.05, 3.63) is 17.7 Å². The van der Waals surface area contributed by atoms with Crippen molar-refractivity contribution in [3.63, 3.8) is 0 Å². The Labute approximate surface area is 115 Å². The van der Waals surface area contributed by atoms with Crippen LogP contribution in [-0.4, -0.2) is 30.8 Å². The molecule has 1 aliphatic rings. The fraction of sp³-hybridized carbons (Fsp3) is 0.385. The van der Waals surface area contributed by atoms with Gasteiger partial charge in [0.1, 0.15) is 13.2 Å². The lowest BCUT2D eigenvalue weighted by Crippen LogP contribution is -2.18. The summed E-state index contributed by atoms with van der Waals surface area (Å²) >= 11 is 5.51. The van der Waals surface area contributed by atoms with Gasteiger partial charge in [0.05, 0.1) is 5.69 Å². The molecule has 0 radical (unpaired) electrons. The Balaban J connectivity index is 2.34. The Morgan fingerprint density at radius 1 is 1.26 bits per heavy atom. The number of hydrogen-bond acceptors (Lipinski definition) is 4. The first-order chi connectivity index (χ1) is 9.11. The lowest BCUT2D eigenvalue weighted by atomic mass is 10.1. The molecule has 5 nitrogen and oxygen atoms in total. The van der Waals surface area contributed by atoms with Crippen LogP contribution in [0.25, 0.3) is 0 Å². The van der Waals surface area contributed by atoms with Gasteiger partial charge in [0.25, 0.3) is 0 Å². The highest BCUT2D eigenvalue weighted by Gasteiger charge is 2.19. The first kappa shape index (κ1) is 13.7. The van der Waals surface area contributed by atoms with E-state index in [2.05, 4.69) is 5.32 Å². The molecule has 0 bridgehead atoms. The molecule has 1 aromatic carbocycles. The van der Waals surface area contributed by atoms with Crippen molar-refractivity contribution in [2.45, 2.75) is 13.3 Å². The quantitative estimate of drug-likeness (QED) is 0.680. The predicted octanol–water partition coefficient (Wildman–Crippen LogP) is 2.23. The van der Waals surface area contributed by atoms with Gasteiger partial charge in [-0.15, -0.1) is 11.6 Å². The highest BCUT2D eigenvalue weighted by molar-refractivity contribution is 6.19. The fourth-order valence-electron chi connectivity index (χ4n) is 1.78. The molecule has 6 heteroatoms. The van der Waals surface area contributed by atoms with E-state index in [1.165, 1.54) is 6.92 Å². The molecule has 102 valence electrons. The number of rotatable bonds is 4. The van der Waals surface area contributed by atoms with Gasteiger partial charge < -0.3 is 14.8 Å². The molecule has 1 heterocycles. The maximum absolute atomic E-state index is 11.6. The lowest BCUT2D eigenvalue weighted by molar-refractivity contribution is -0.115. The highest BCUT2D eigenvalue weighted by atomic mass is 35.5. The zero-order valence-corrected chi connectivity index (χ0v) is 11.3. The molecular weight excluding hydrogens is 270 g/mol. The fourth-order valence-corrected chi connectivity index (χ4v) is 1.95. The van der Waals surface area contributed by atoms with E-state index in [0.29, 0.717) is 36.0 Å². The van der Waals surface area contributed by atoms with Gasteiger partial charge in [-0.3, -0.25) is 9.59 Å². The Kier molecular flexibility index (Phi) is 4.27. The summed E-state index contributed by atoms with van der Waals surface area (Å²) < 4.78 is 10.8. The summed E-state index contributed by atoms with van der Waals surface area (Å²) in [5, 5.41) is 2.66. The monoisotopic (exact) mass is 283 g/mol. The zero-order chi connectivity index (χ0) is 13.8. The lowest BCUT2D eigenvalue weighted by Gasteiger charge is -2.20. The Bertz CT molecular complexity index is 516. The van der Waals surface area contributed by atoms with Crippen molar-refractivity contribution < 1.29 is 19.1 Å². The second-order valence-corrected chi connectivity index (χ2v) is 4.46. The molecular formula is C13H14ClNO4. The molecule has 0 unspecified atom stereocenters. The van der Waals surface area contributed by atoms with Gasteiger partial charge >= 0.3 is 0 Å². The molecule has 0 saturated heterocycles. The van der Waals surface area contributed by atoms with Crippen molar-refractivity contribution >= 4 is 29.0 Å². The van der Waals surface area contributed by atoms with Crippen LogP contribution in [0.5, 0.6) is 11.5 Å². The Morgan fingerprint density at radius 3 is 2.47 bits per heavy atom. The van der Waals surface area contributed by atoms with Crippen molar-refractivity contribution in [1.82, 2.24) is 0 Å². The predicted molar refractivity (Wildman–Crippen MR) is 71.4 cm³/mol. The molecule has 0 spiro atoms. The van der Waals surface area contributed by atoms with Gasteiger partial charge in [0.2, 0.25) is 5.91 Å². The molecule has 19 heavy (non-hydrogen) atoms. The standard InChI is InChI=1S/C13H14ClNO4/c1-8(16)9-6-11-12(19-5-4-18-11)7-10(9)15-13(17)2-3-14/h6-7H,2-5H2,1H3,(H,15,17). The third kappa shape index (κ3) is 3.17. The first-order valence-corrected chi connectivity index (χ1v) is 6.45. The summed E-state index contributed by atoms with van der Waals surface area (Å²) in [5.74, 6) is 0.878. The summed E-state index contributed by atoms with van der Waals surface area (Å²) in [4.78, 5) is 23.2. The molecule has 0 fully saturated rings. The minimum absolute atomic E-state index is 0.154. The maximum Gasteiger partial charge on any atom is 0.225 e. The minimum atomic E-state index is -0.242. The number of carbonyl (C=O) groups excluding carboxylic acids is 2. The van der Waals surface area contributed by atoms with E-state index in [-0.39, 0.29) is 24.0 Å². The van der Waals surface area contributed by atoms with Crippen molar-refractivity contribution in [1.29, 1.82) is 0 Å². The summed E-state index contributed by atoms with van der Waals surface area (Å²) in [6.45, 7) is 2.33.